The number of carbonyl (C=O) groups is 1. The first kappa shape index (κ1) is 15.8. The number of methoxy groups -OCH3 is 1. The van der Waals surface area contributed by atoms with Gasteiger partial charge in [0, 0.05) is 19.2 Å². The highest BCUT2D eigenvalue weighted by Gasteiger charge is 2.11. The second-order valence-corrected chi connectivity index (χ2v) is 4.90. The Kier molecular flexibility index (Phi) is 5.36. The van der Waals surface area contributed by atoms with E-state index in [4.69, 9.17) is 4.74 Å². The second-order valence-electron chi connectivity index (χ2n) is 4.90. The van der Waals surface area contributed by atoms with Gasteiger partial charge in [0.05, 0.1) is 19.3 Å². The number of rotatable bonds is 6. The number of ether oxygens (including phenoxy) is 1. The van der Waals surface area contributed by atoms with Crippen molar-refractivity contribution < 1.29 is 13.9 Å². The Morgan fingerprint density at radius 2 is 1.86 bits per heavy atom. The molecule has 2 aromatic rings. The van der Waals surface area contributed by atoms with Crippen LogP contribution in [0.25, 0.3) is 0 Å². The van der Waals surface area contributed by atoms with Gasteiger partial charge in [0.1, 0.15) is 11.6 Å². The molecule has 0 saturated heterocycles. The molecular weight excluding hydrogens is 283 g/mol. The fraction of sp³-hybridized carbons (Fsp3) is 0.235. The van der Waals surface area contributed by atoms with E-state index in [1.165, 1.54) is 6.07 Å². The predicted octanol–water partition coefficient (Wildman–Crippen LogP) is 2.59. The summed E-state index contributed by atoms with van der Waals surface area (Å²) in [5.41, 5.74) is 1.29. The molecule has 1 N–H and O–H groups in total. The van der Waals surface area contributed by atoms with Crippen molar-refractivity contribution in [2.75, 3.05) is 25.6 Å². The zero-order valence-electron chi connectivity index (χ0n) is 12.7. The molecule has 0 aliphatic rings. The maximum Gasteiger partial charge on any atom is 0.239 e. The normalized spacial score (nSPS) is 10.1. The Hall–Kier alpha value is -2.56. The van der Waals surface area contributed by atoms with Crippen LogP contribution in [0.5, 0.6) is 5.75 Å². The Labute approximate surface area is 129 Å². The first-order valence-corrected chi connectivity index (χ1v) is 6.96. The number of amides is 1. The third kappa shape index (κ3) is 3.97. The largest absolute Gasteiger partial charge is 0.495 e. The van der Waals surface area contributed by atoms with Gasteiger partial charge in [-0.05, 0) is 18.2 Å². The minimum atomic E-state index is -0.319. The minimum Gasteiger partial charge on any atom is -0.495 e. The van der Waals surface area contributed by atoms with Gasteiger partial charge in [-0.1, -0.05) is 30.3 Å². The number of nitrogens with one attached hydrogen (secondary N) is 1. The lowest BCUT2D eigenvalue weighted by molar-refractivity contribution is -0.119. The number of benzene rings is 2. The third-order valence-electron chi connectivity index (χ3n) is 3.31. The molecule has 4 nitrogen and oxygen atoms in total. The highest BCUT2D eigenvalue weighted by atomic mass is 19.1. The summed E-state index contributed by atoms with van der Waals surface area (Å²) in [7, 11) is 3.39. The number of likely N-dealkylation sites (N-methyl/N-ethyl adjacent to an activating group) is 1. The predicted molar refractivity (Wildman–Crippen MR) is 84.5 cm³/mol. The number of hydrogen-bond acceptors (Lipinski definition) is 3. The first-order valence-electron chi connectivity index (χ1n) is 6.96. The van der Waals surface area contributed by atoms with Crippen LogP contribution in [-0.4, -0.2) is 26.6 Å². The molecule has 0 spiro atoms. The van der Waals surface area contributed by atoms with E-state index in [-0.39, 0.29) is 24.8 Å². The molecule has 0 saturated carbocycles. The van der Waals surface area contributed by atoms with Gasteiger partial charge in [-0.25, -0.2) is 4.39 Å². The van der Waals surface area contributed by atoms with Crippen molar-refractivity contribution in [1.29, 1.82) is 0 Å². The Balaban J connectivity index is 1.93. The van der Waals surface area contributed by atoms with Gasteiger partial charge in [0.15, 0.2) is 0 Å². The first-order chi connectivity index (χ1) is 10.6. The number of nitrogens with zero attached hydrogens (tertiary/aromatic N) is 1. The summed E-state index contributed by atoms with van der Waals surface area (Å²) in [6.07, 6.45) is 0. The number of carbonyl (C=O) groups excluding carboxylic acids is 1. The topological polar surface area (TPSA) is 41.6 Å². The van der Waals surface area contributed by atoms with E-state index < -0.39 is 0 Å². The quantitative estimate of drug-likeness (QED) is 0.892. The fourth-order valence-electron chi connectivity index (χ4n) is 2.14. The molecule has 0 fully saturated rings. The van der Waals surface area contributed by atoms with Crippen molar-refractivity contribution in [3.63, 3.8) is 0 Å². The van der Waals surface area contributed by atoms with Crippen molar-refractivity contribution in [3.8, 4) is 5.75 Å². The molecule has 22 heavy (non-hydrogen) atoms. The number of hydrogen-bond donors (Lipinski definition) is 1. The molecule has 0 radical (unpaired) electrons. The van der Waals surface area contributed by atoms with E-state index >= 15 is 0 Å². The summed E-state index contributed by atoms with van der Waals surface area (Å²) < 4.78 is 18.8. The molecule has 0 unspecified atom stereocenters. The smallest absolute Gasteiger partial charge is 0.239 e. The van der Waals surface area contributed by atoms with Crippen molar-refractivity contribution in [2.24, 2.45) is 0 Å². The molecule has 0 atom stereocenters. The maximum absolute atomic E-state index is 13.5. The molecule has 5 heteroatoms. The van der Waals surface area contributed by atoms with Gasteiger partial charge in [-0.2, -0.15) is 0 Å². The summed E-state index contributed by atoms with van der Waals surface area (Å²) in [5.74, 6) is 0.199. The lowest BCUT2D eigenvalue weighted by Crippen LogP contribution is -2.35. The summed E-state index contributed by atoms with van der Waals surface area (Å²) in [5, 5.41) is 2.72. The maximum atomic E-state index is 13.5. The molecule has 0 heterocycles. The minimum absolute atomic E-state index is 0.162. The lowest BCUT2D eigenvalue weighted by Gasteiger charge is -2.21. The van der Waals surface area contributed by atoms with Crippen molar-refractivity contribution in [1.82, 2.24) is 5.32 Å². The van der Waals surface area contributed by atoms with Crippen LogP contribution >= 0.6 is 0 Å². The Morgan fingerprint density at radius 1 is 1.18 bits per heavy atom. The van der Waals surface area contributed by atoms with Crippen LogP contribution in [0, 0.1) is 5.82 Å². The fourth-order valence-corrected chi connectivity index (χ4v) is 2.14. The van der Waals surface area contributed by atoms with Crippen LogP contribution in [0.15, 0.2) is 48.5 Å². The van der Waals surface area contributed by atoms with Crippen LogP contribution in [-0.2, 0) is 11.3 Å². The number of anilines is 1. The molecule has 2 aromatic carbocycles. The Morgan fingerprint density at radius 3 is 2.59 bits per heavy atom. The second kappa shape index (κ2) is 7.45. The van der Waals surface area contributed by atoms with Gasteiger partial charge >= 0.3 is 0 Å². The van der Waals surface area contributed by atoms with Crippen LogP contribution in [0.2, 0.25) is 0 Å². The highest BCUT2D eigenvalue weighted by Crippen LogP contribution is 2.26. The van der Waals surface area contributed by atoms with Gasteiger partial charge in [-0.15, -0.1) is 0 Å². The van der Waals surface area contributed by atoms with Gasteiger partial charge in [-0.3, -0.25) is 4.79 Å². The van der Waals surface area contributed by atoms with Crippen molar-refractivity contribution in [2.45, 2.75) is 6.54 Å². The average molecular weight is 302 g/mol. The molecule has 0 aliphatic carbocycles. The van der Waals surface area contributed by atoms with Crippen LogP contribution in [0.1, 0.15) is 5.56 Å². The Bertz CT molecular complexity index is 646. The number of para-hydroxylation sites is 2. The molecule has 1 amide bonds. The molecule has 0 aliphatic heterocycles. The summed E-state index contributed by atoms with van der Waals surface area (Å²) in [4.78, 5) is 13.8. The van der Waals surface area contributed by atoms with Crippen LogP contribution in [0.3, 0.4) is 0 Å². The summed E-state index contributed by atoms with van der Waals surface area (Å²) in [6, 6.07) is 13.9. The van der Waals surface area contributed by atoms with Gasteiger partial charge in [0.2, 0.25) is 5.91 Å². The molecule has 0 bridgehead atoms. The lowest BCUT2D eigenvalue weighted by atomic mass is 10.2. The van der Waals surface area contributed by atoms with E-state index in [9.17, 15) is 9.18 Å². The van der Waals surface area contributed by atoms with E-state index in [2.05, 4.69) is 5.32 Å². The van der Waals surface area contributed by atoms with E-state index in [0.29, 0.717) is 11.3 Å². The van der Waals surface area contributed by atoms with Crippen molar-refractivity contribution >= 4 is 11.6 Å². The third-order valence-corrected chi connectivity index (χ3v) is 3.31. The zero-order valence-corrected chi connectivity index (χ0v) is 12.7. The monoisotopic (exact) mass is 302 g/mol. The SMILES string of the molecule is COc1ccccc1N(C)CC(=O)NCc1ccccc1F. The van der Waals surface area contributed by atoms with E-state index in [1.54, 1.807) is 37.3 Å². The van der Waals surface area contributed by atoms with Crippen LogP contribution < -0.4 is 15.0 Å². The molecule has 0 aromatic heterocycles. The van der Waals surface area contributed by atoms with E-state index in [0.717, 1.165) is 5.69 Å². The summed E-state index contributed by atoms with van der Waals surface area (Å²) >= 11 is 0. The molecule has 2 rings (SSSR count). The molecule has 116 valence electrons. The van der Waals surface area contributed by atoms with Gasteiger partial charge < -0.3 is 15.0 Å². The van der Waals surface area contributed by atoms with Crippen LogP contribution in [0.4, 0.5) is 10.1 Å². The van der Waals surface area contributed by atoms with E-state index in [1.807, 2.05) is 24.3 Å². The van der Waals surface area contributed by atoms with Crippen molar-refractivity contribution in [3.05, 3.63) is 59.9 Å². The van der Waals surface area contributed by atoms with Gasteiger partial charge in [0.25, 0.3) is 0 Å². The zero-order chi connectivity index (χ0) is 15.9. The number of halogens is 1. The average Bonchev–Trinajstić information content (AvgIpc) is 2.54. The summed E-state index contributed by atoms with van der Waals surface area (Å²) in [6.45, 7) is 0.333. The highest BCUT2D eigenvalue weighted by molar-refractivity contribution is 5.81. The molecular formula is C17H19FN2O2. The standard InChI is InChI=1S/C17H19FN2O2/c1-20(15-9-5-6-10-16(15)22-2)12-17(21)19-11-13-7-3-4-8-14(13)18/h3-10H,11-12H2,1-2H3,(H,19,21).